The molecule has 0 radical (unpaired) electrons. The summed E-state index contributed by atoms with van der Waals surface area (Å²) in [5.41, 5.74) is -0.206. The molecular formula is C14H17F2N3O5S+2. The minimum absolute atomic E-state index is 0.0410. The Labute approximate surface area is 141 Å². The van der Waals surface area contributed by atoms with Gasteiger partial charge in [-0.25, -0.2) is 17.2 Å². The number of ether oxygens (including phenoxy) is 1. The van der Waals surface area contributed by atoms with Crippen molar-refractivity contribution >= 4 is 9.84 Å². The van der Waals surface area contributed by atoms with Gasteiger partial charge in [-0.05, 0) is 12.1 Å². The zero-order chi connectivity index (χ0) is 18.8. The molecule has 0 unspecified atom stereocenters. The van der Waals surface area contributed by atoms with Crippen molar-refractivity contribution in [3.8, 4) is 17.3 Å². The van der Waals surface area contributed by atoms with Crippen LogP contribution in [0.25, 0.3) is 11.4 Å². The quantitative estimate of drug-likeness (QED) is 0.576. The summed E-state index contributed by atoms with van der Waals surface area (Å²) >= 11 is 0. The van der Waals surface area contributed by atoms with Gasteiger partial charge in [0, 0.05) is 17.7 Å². The maximum atomic E-state index is 12.8. The predicted molar refractivity (Wildman–Crippen MR) is 80.8 cm³/mol. The summed E-state index contributed by atoms with van der Waals surface area (Å²) < 4.78 is 55.3. The molecule has 0 saturated carbocycles. The monoisotopic (exact) mass is 377 g/mol. The van der Waals surface area contributed by atoms with Crippen LogP contribution in [0.5, 0.6) is 5.88 Å². The van der Waals surface area contributed by atoms with Gasteiger partial charge in [0.05, 0.1) is 16.7 Å². The van der Waals surface area contributed by atoms with Crippen LogP contribution in [0.1, 0.15) is 13.8 Å². The van der Waals surface area contributed by atoms with Gasteiger partial charge in [0.25, 0.3) is 5.92 Å². The Bertz CT molecular complexity index is 938. The molecule has 0 fully saturated rings. The van der Waals surface area contributed by atoms with Crippen molar-refractivity contribution in [1.29, 1.82) is 0 Å². The molecule has 2 rings (SSSR count). The number of pyridine rings is 1. The minimum atomic E-state index is -3.69. The fourth-order valence-electron chi connectivity index (χ4n) is 2.00. The molecule has 0 spiro atoms. The first-order valence-electron chi connectivity index (χ1n) is 7.19. The number of H-pyrrole nitrogens is 1. The predicted octanol–water partition coefficient (Wildman–Crippen LogP) is 0.949. The van der Waals surface area contributed by atoms with Crippen LogP contribution in [0, 0.1) is 4.91 Å². The van der Waals surface area contributed by atoms with Crippen molar-refractivity contribution in [1.82, 2.24) is 5.10 Å². The van der Waals surface area contributed by atoms with Crippen molar-refractivity contribution in [3.63, 3.8) is 0 Å². The van der Waals surface area contributed by atoms with E-state index < -0.39 is 28.2 Å². The summed E-state index contributed by atoms with van der Waals surface area (Å²) in [7, 11) is -3.69. The van der Waals surface area contributed by atoms with Crippen LogP contribution in [-0.2, 0) is 9.84 Å². The van der Waals surface area contributed by atoms with Crippen LogP contribution in [0.2, 0.25) is 0 Å². The van der Waals surface area contributed by atoms with Gasteiger partial charge >= 0.3 is 11.6 Å². The van der Waals surface area contributed by atoms with Crippen LogP contribution in [-0.4, -0.2) is 37.0 Å². The second kappa shape index (κ2) is 6.75. The summed E-state index contributed by atoms with van der Waals surface area (Å²) in [5.74, 6) is -3.76. The van der Waals surface area contributed by atoms with Crippen molar-refractivity contribution in [2.24, 2.45) is 0 Å². The number of halogens is 2. The third kappa shape index (κ3) is 4.29. The highest BCUT2D eigenvalue weighted by atomic mass is 32.2. The van der Waals surface area contributed by atoms with Gasteiger partial charge in [-0.3, -0.25) is 5.21 Å². The number of aromatic amines is 1. The van der Waals surface area contributed by atoms with E-state index in [2.05, 4.69) is 5.10 Å². The molecule has 136 valence electrons. The zero-order valence-corrected chi connectivity index (χ0v) is 14.3. The van der Waals surface area contributed by atoms with E-state index in [-0.39, 0.29) is 26.6 Å². The van der Waals surface area contributed by atoms with Crippen LogP contribution < -0.4 is 14.0 Å². The lowest BCUT2D eigenvalue weighted by Gasteiger charge is -2.07. The molecule has 0 aliphatic carbocycles. The van der Waals surface area contributed by atoms with Crippen LogP contribution in [0.4, 0.5) is 8.78 Å². The summed E-state index contributed by atoms with van der Waals surface area (Å²) in [6, 6.07) is 4.96. The maximum Gasteiger partial charge on any atom is 0.450 e. The van der Waals surface area contributed by atoms with Crippen molar-refractivity contribution < 1.29 is 36.4 Å². The molecule has 2 heterocycles. The number of hydrogen-bond donors (Lipinski definition) is 2. The van der Waals surface area contributed by atoms with Crippen molar-refractivity contribution in [3.05, 3.63) is 35.4 Å². The highest BCUT2D eigenvalue weighted by Crippen LogP contribution is 2.23. The topological polar surface area (TPSA) is 106 Å². The number of alkyl halides is 2. The van der Waals surface area contributed by atoms with E-state index in [1.165, 1.54) is 31.3 Å². The average Bonchev–Trinajstić information content (AvgIpc) is 2.52. The Balaban J connectivity index is 2.51. The van der Waals surface area contributed by atoms with Gasteiger partial charge in [0.1, 0.15) is 4.90 Å². The van der Waals surface area contributed by atoms with E-state index in [1.54, 1.807) is 0 Å². The summed E-state index contributed by atoms with van der Waals surface area (Å²) in [5, 5.41) is 12.2. The molecule has 0 aliphatic heterocycles. The second-order valence-corrected chi connectivity index (χ2v) is 7.57. The lowest BCUT2D eigenvalue weighted by molar-refractivity contribution is -0.897. The van der Waals surface area contributed by atoms with Gasteiger partial charge in [-0.1, -0.05) is 6.92 Å². The summed E-state index contributed by atoms with van der Waals surface area (Å²) in [6.07, 6.45) is 1.19. The van der Waals surface area contributed by atoms with E-state index in [0.29, 0.717) is 11.7 Å². The molecule has 0 atom stereocenters. The number of nitrogens with zero attached hydrogens (tertiary/aromatic N) is 2. The van der Waals surface area contributed by atoms with Crippen LogP contribution in [0.3, 0.4) is 0 Å². The van der Waals surface area contributed by atoms with Crippen molar-refractivity contribution in [2.75, 3.05) is 12.4 Å². The smallest absolute Gasteiger partial charge is 0.433 e. The second-order valence-electron chi connectivity index (χ2n) is 5.32. The molecule has 2 aromatic heterocycles. The fourth-order valence-corrected chi connectivity index (χ4v) is 3.10. The molecule has 8 nitrogen and oxygen atoms in total. The van der Waals surface area contributed by atoms with Gasteiger partial charge < -0.3 is 4.74 Å². The molecule has 2 N–H and O–H groups in total. The molecule has 25 heavy (non-hydrogen) atoms. The number of nitrogens with one attached hydrogen (secondary N) is 1. The van der Waals surface area contributed by atoms with Crippen LogP contribution >= 0.6 is 0 Å². The first-order chi connectivity index (χ1) is 11.5. The average molecular weight is 377 g/mol. The first-order valence-corrected chi connectivity index (χ1v) is 8.84. The normalized spacial score (nSPS) is 12.2. The van der Waals surface area contributed by atoms with E-state index in [1.807, 2.05) is 0 Å². The number of sulfone groups is 1. The SMILES string of the molecule is CCS(=O)(=O)c1ccc[n+](O)c1-c1ccc(OCC(C)(F)F)[n+](=O)[nH]1. The molecule has 0 aromatic carbocycles. The van der Waals surface area contributed by atoms with E-state index in [0.717, 1.165) is 6.07 Å². The molecule has 11 heteroatoms. The largest absolute Gasteiger partial charge is 0.450 e. The third-order valence-electron chi connectivity index (χ3n) is 3.20. The van der Waals surface area contributed by atoms with E-state index in [9.17, 15) is 27.3 Å². The third-order valence-corrected chi connectivity index (χ3v) is 4.96. The standard InChI is InChI=1S/C14H17F2N3O5S/c1-3-25(22,23)11-5-4-8-18(20)13(11)10-6-7-12(19(21)17-10)24-9-14(2,15)16/h4-8,20H,3,9H2,1-2H3,(H,17,21)/q+2. The van der Waals surface area contributed by atoms with Crippen molar-refractivity contribution in [2.45, 2.75) is 24.7 Å². The Hall–Kier alpha value is -2.56. The first kappa shape index (κ1) is 18.8. The Morgan fingerprint density at radius 3 is 2.56 bits per heavy atom. The van der Waals surface area contributed by atoms with Gasteiger partial charge in [0.2, 0.25) is 10.7 Å². The molecule has 0 aliphatic rings. The highest BCUT2D eigenvalue weighted by Gasteiger charge is 2.31. The van der Waals surface area contributed by atoms with E-state index >= 15 is 0 Å². The number of hydrogen-bond acceptors (Lipinski definition) is 5. The van der Waals surface area contributed by atoms with Crippen LogP contribution in [0.15, 0.2) is 35.4 Å². The molecule has 0 saturated heterocycles. The lowest BCUT2D eigenvalue weighted by atomic mass is 10.2. The molecule has 0 bridgehead atoms. The molecule has 2 aromatic rings. The van der Waals surface area contributed by atoms with Gasteiger partial charge in [-0.2, -0.15) is 0 Å². The van der Waals surface area contributed by atoms with Gasteiger partial charge in [-0.15, -0.1) is 5.10 Å². The summed E-state index contributed by atoms with van der Waals surface area (Å²) in [4.78, 5) is 11.7. The molecule has 0 amide bonds. The Morgan fingerprint density at radius 1 is 1.32 bits per heavy atom. The zero-order valence-electron chi connectivity index (χ0n) is 13.4. The Kier molecular flexibility index (Phi) is 5.07. The molecular weight excluding hydrogens is 360 g/mol. The lowest BCUT2D eigenvalue weighted by Crippen LogP contribution is -2.36. The fraction of sp³-hybridized carbons (Fsp3) is 0.357. The summed E-state index contributed by atoms with van der Waals surface area (Å²) in [6.45, 7) is 1.08. The van der Waals surface area contributed by atoms with Gasteiger partial charge in [0.15, 0.2) is 22.1 Å². The van der Waals surface area contributed by atoms with E-state index in [4.69, 9.17) is 4.74 Å². The Morgan fingerprint density at radius 2 is 2.00 bits per heavy atom. The number of aromatic nitrogens is 3. The highest BCUT2D eigenvalue weighted by molar-refractivity contribution is 7.91. The number of rotatable bonds is 6. The maximum absolute atomic E-state index is 12.8. The minimum Gasteiger partial charge on any atom is -0.433 e.